The molecule has 1 saturated heterocycles. The molecular weight excluding hydrogens is 490 g/mol. The summed E-state index contributed by atoms with van der Waals surface area (Å²) in [6, 6.07) is 0.0967. The number of amides is 1. The van der Waals surface area contributed by atoms with Crippen LogP contribution in [0.4, 0.5) is 0 Å². The summed E-state index contributed by atoms with van der Waals surface area (Å²) in [5.41, 5.74) is 0. The number of carbonyl (C=O) groups excluding carboxylic acids is 1. The van der Waals surface area contributed by atoms with E-state index in [0.717, 1.165) is 25.8 Å². The van der Waals surface area contributed by atoms with E-state index in [1.165, 1.54) is 77.0 Å². The Morgan fingerprint density at radius 1 is 0.880 bits per heavy atom. The molecule has 0 bridgehead atoms. The van der Waals surface area contributed by atoms with Gasteiger partial charge < -0.3 is 10.0 Å². The van der Waals surface area contributed by atoms with Crippen LogP contribution >= 0.6 is 0 Å². The van der Waals surface area contributed by atoms with Gasteiger partial charge in [-0.3, -0.25) is 4.79 Å². The summed E-state index contributed by atoms with van der Waals surface area (Å²) in [4.78, 5) is 14.0. The molecule has 0 spiro atoms. The van der Waals surface area contributed by atoms with Gasteiger partial charge in [-0.15, -0.1) is 0 Å². The van der Waals surface area contributed by atoms with Crippen molar-refractivity contribution in [1.82, 2.24) is 4.90 Å². The number of aliphatic hydroxyl groups is 1. The largest absolute Gasteiger partial charge is 0.394 e. The number of hydrogen-bond donors (Lipinski definition) is 1. The van der Waals surface area contributed by atoms with E-state index in [1.54, 1.807) is 0 Å². The first-order valence-electron chi connectivity index (χ1n) is 10.7. The van der Waals surface area contributed by atoms with Crippen molar-refractivity contribution >= 4 is 5.91 Å². The molecule has 1 aliphatic rings. The number of aliphatic hydroxyl groups excluding tert-OH is 1. The summed E-state index contributed by atoms with van der Waals surface area (Å²) in [6.45, 7) is 3.25. The first kappa shape index (κ1) is 25.1. The average molecular weight is 532 g/mol. The van der Waals surface area contributed by atoms with Gasteiger partial charge in [-0.2, -0.15) is 0 Å². The van der Waals surface area contributed by atoms with E-state index in [2.05, 4.69) is 6.92 Å². The Balaban J connectivity index is 0.00000576. The smallest absolute Gasteiger partial charge is 0.222 e. The fraction of sp³-hybridized carbons (Fsp3) is 0.952. The Kier molecular flexibility index (Phi) is 17.5. The molecule has 0 aromatic rings. The maximum Gasteiger partial charge on any atom is 0.222 e. The van der Waals surface area contributed by atoms with Crippen LogP contribution in [-0.4, -0.2) is 35.1 Å². The molecule has 0 aromatic carbocycles. The van der Waals surface area contributed by atoms with Crippen LogP contribution in [0.25, 0.3) is 0 Å². The van der Waals surface area contributed by atoms with Crippen LogP contribution in [0.3, 0.4) is 0 Å². The standard InChI is InChI=1S/C21H41NO2.Ir/c1-2-3-4-5-6-7-8-9-10-11-12-13-14-17-21(24)22-18-15-16-20(22)19-23;/h20,23H,2-19H2,1H3;. The fourth-order valence-electron chi connectivity index (χ4n) is 3.79. The predicted octanol–water partition coefficient (Wildman–Crippen LogP) is 5.45. The van der Waals surface area contributed by atoms with Crippen molar-refractivity contribution in [3.8, 4) is 0 Å². The molecule has 4 heteroatoms. The van der Waals surface area contributed by atoms with E-state index in [9.17, 15) is 9.90 Å². The zero-order chi connectivity index (χ0) is 17.5. The summed E-state index contributed by atoms with van der Waals surface area (Å²) >= 11 is 0. The molecule has 0 saturated carbocycles. The minimum atomic E-state index is 0. The van der Waals surface area contributed by atoms with Crippen molar-refractivity contribution in [2.24, 2.45) is 0 Å². The van der Waals surface area contributed by atoms with Crippen LogP contribution in [0.2, 0.25) is 0 Å². The molecule has 1 rings (SSSR count). The third kappa shape index (κ3) is 12.2. The number of nitrogens with zero attached hydrogens (tertiary/aromatic N) is 1. The van der Waals surface area contributed by atoms with Crippen LogP contribution in [0.1, 0.15) is 110 Å². The minimum absolute atomic E-state index is 0. The van der Waals surface area contributed by atoms with Gasteiger partial charge in [-0.05, 0) is 19.3 Å². The summed E-state index contributed by atoms with van der Waals surface area (Å²) in [5.74, 6) is 0.259. The number of unbranched alkanes of at least 4 members (excludes halogenated alkanes) is 12. The van der Waals surface area contributed by atoms with E-state index in [4.69, 9.17) is 0 Å². The molecular formula is C21H41IrNO2. The third-order valence-corrected chi connectivity index (χ3v) is 5.40. The average Bonchev–Trinajstić information content (AvgIpc) is 3.07. The predicted molar refractivity (Wildman–Crippen MR) is 102 cm³/mol. The maximum absolute atomic E-state index is 12.1. The third-order valence-electron chi connectivity index (χ3n) is 5.40. The molecule has 1 amide bonds. The molecule has 1 heterocycles. The monoisotopic (exact) mass is 532 g/mol. The maximum atomic E-state index is 12.1. The van der Waals surface area contributed by atoms with Gasteiger partial charge in [0.1, 0.15) is 0 Å². The normalized spacial score (nSPS) is 16.9. The minimum Gasteiger partial charge on any atom is -0.394 e. The van der Waals surface area contributed by atoms with Gasteiger partial charge in [0.2, 0.25) is 5.91 Å². The fourth-order valence-corrected chi connectivity index (χ4v) is 3.79. The molecule has 151 valence electrons. The SMILES string of the molecule is CCCCCCCCCCCCCCCC(=O)N1CCCC1CO.[Ir]. The van der Waals surface area contributed by atoms with Gasteiger partial charge in [0.05, 0.1) is 12.6 Å². The van der Waals surface area contributed by atoms with Gasteiger partial charge in [0, 0.05) is 33.1 Å². The van der Waals surface area contributed by atoms with Crippen molar-refractivity contribution in [2.45, 2.75) is 116 Å². The molecule has 1 N–H and O–H groups in total. The van der Waals surface area contributed by atoms with Crippen LogP contribution < -0.4 is 0 Å². The van der Waals surface area contributed by atoms with E-state index < -0.39 is 0 Å². The molecule has 1 radical (unpaired) electrons. The molecule has 3 nitrogen and oxygen atoms in total. The summed E-state index contributed by atoms with van der Waals surface area (Å²) in [6.07, 6.45) is 20.1. The van der Waals surface area contributed by atoms with E-state index in [-0.39, 0.29) is 38.7 Å². The molecule has 1 aliphatic heterocycles. The first-order chi connectivity index (χ1) is 11.8. The topological polar surface area (TPSA) is 40.5 Å². The zero-order valence-corrected chi connectivity index (χ0v) is 18.8. The second-order valence-corrected chi connectivity index (χ2v) is 7.56. The summed E-state index contributed by atoms with van der Waals surface area (Å²) in [5, 5.41) is 9.28. The molecule has 0 aromatic heterocycles. The van der Waals surface area contributed by atoms with Crippen LogP contribution in [-0.2, 0) is 24.9 Å². The van der Waals surface area contributed by atoms with E-state index in [0.29, 0.717) is 6.42 Å². The molecule has 1 unspecified atom stereocenters. The van der Waals surface area contributed by atoms with Crippen molar-refractivity contribution in [1.29, 1.82) is 0 Å². The van der Waals surface area contributed by atoms with Gasteiger partial charge in [-0.1, -0.05) is 84.0 Å². The summed E-state index contributed by atoms with van der Waals surface area (Å²) < 4.78 is 0. The molecule has 1 atom stereocenters. The molecule has 25 heavy (non-hydrogen) atoms. The quantitative estimate of drug-likeness (QED) is 0.286. The Hall–Kier alpha value is 0.0794. The van der Waals surface area contributed by atoms with Gasteiger partial charge in [-0.25, -0.2) is 0 Å². The van der Waals surface area contributed by atoms with Crippen molar-refractivity contribution in [2.75, 3.05) is 13.2 Å². The van der Waals surface area contributed by atoms with Crippen molar-refractivity contribution < 1.29 is 30.0 Å². The Morgan fingerprint density at radius 3 is 1.84 bits per heavy atom. The Labute approximate surface area is 169 Å². The van der Waals surface area contributed by atoms with Crippen molar-refractivity contribution in [3.63, 3.8) is 0 Å². The van der Waals surface area contributed by atoms with Crippen LogP contribution in [0.5, 0.6) is 0 Å². The Morgan fingerprint density at radius 2 is 1.36 bits per heavy atom. The second kappa shape index (κ2) is 17.5. The van der Waals surface area contributed by atoms with Gasteiger partial charge >= 0.3 is 0 Å². The zero-order valence-electron chi connectivity index (χ0n) is 16.4. The van der Waals surface area contributed by atoms with Gasteiger partial charge in [0.15, 0.2) is 0 Å². The van der Waals surface area contributed by atoms with Crippen molar-refractivity contribution in [3.05, 3.63) is 0 Å². The van der Waals surface area contributed by atoms with Crippen LogP contribution in [0.15, 0.2) is 0 Å². The van der Waals surface area contributed by atoms with Gasteiger partial charge in [0.25, 0.3) is 0 Å². The molecule has 0 aliphatic carbocycles. The summed E-state index contributed by atoms with van der Waals surface area (Å²) in [7, 11) is 0. The Bertz CT molecular complexity index is 312. The molecule has 1 fully saturated rings. The van der Waals surface area contributed by atoms with E-state index >= 15 is 0 Å². The second-order valence-electron chi connectivity index (χ2n) is 7.56. The number of hydrogen-bond acceptors (Lipinski definition) is 2. The number of likely N-dealkylation sites (tertiary alicyclic amines) is 1. The number of rotatable bonds is 15. The number of carbonyl (C=O) groups is 1. The van der Waals surface area contributed by atoms with E-state index in [1.807, 2.05) is 4.90 Å². The van der Waals surface area contributed by atoms with Crippen LogP contribution in [0, 0.1) is 0 Å². The first-order valence-corrected chi connectivity index (χ1v) is 10.7.